The number of nitrogens with zero attached hydrogens (tertiary/aromatic N) is 3. The predicted molar refractivity (Wildman–Crippen MR) is 111 cm³/mol. The Morgan fingerprint density at radius 2 is 2.21 bits per heavy atom. The number of anilines is 1. The number of hydrogen-bond acceptors (Lipinski definition) is 4. The molecule has 0 unspecified atom stereocenters. The Morgan fingerprint density at radius 3 is 2.93 bits per heavy atom. The van der Waals surface area contributed by atoms with Gasteiger partial charge in [-0.15, -0.1) is 0 Å². The van der Waals surface area contributed by atoms with Gasteiger partial charge in [0.25, 0.3) is 0 Å². The number of hydrogen-bond donors (Lipinski definition) is 1. The third kappa shape index (κ3) is 3.20. The number of carbonyl (C=O) groups is 1. The van der Waals surface area contributed by atoms with Gasteiger partial charge in [0.05, 0.1) is 25.1 Å². The van der Waals surface area contributed by atoms with Gasteiger partial charge in [-0.3, -0.25) is 9.78 Å². The lowest BCUT2D eigenvalue weighted by Crippen LogP contribution is -2.48. The fourth-order valence-electron chi connectivity index (χ4n) is 4.83. The summed E-state index contributed by atoms with van der Waals surface area (Å²) in [7, 11) is 2.05. The number of rotatable bonds is 4. The molecule has 146 valence electrons. The van der Waals surface area contributed by atoms with E-state index in [4.69, 9.17) is 0 Å². The highest BCUT2D eigenvalue weighted by atomic mass is 16.3. The molecule has 0 aliphatic carbocycles. The monoisotopic (exact) mass is 377 g/mol. The van der Waals surface area contributed by atoms with Gasteiger partial charge in [-0.25, -0.2) is 0 Å². The van der Waals surface area contributed by atoms with Crippen molar-refractivity contribution in [2.45, 2.75) is 31.8 Å². The summed E-state index contributed by atoms with van der Waals surface area (Å²) < 4.78 is 0. The van der Waals surface area contributed by atoms with Crippen molar-refractivity contribution in [2.24, 2.45) is 5.92 Å². The van der Waals surface area contributed by atoms with E-state index in [-0.39, 0.29) is 30.5 Å². The summed E-state index contributed by atoms with van der Waals surface area (Å²) in [5, 5.41) is 10.1. The maximum absolute atomic E-state index is 13.2. The van der Waals surface area contributed by atoms with Gasteiger partial charge in [0.15, 0.2) is 0 Å². The second-order valence-electron chi connectivity index (χ2n) is 7.70. The SMILES string of the molecule is CC=Cc1ccc2c(c1)[C@@H]1[C@@H](CCN1C(=O)Cc1cccnc1)[C@H](CO)N2C. The Bertz CT molecular complexity index is 881. The molecule has 4 rings (SSSR count). The molecule has 2 aliphatic rings. The molecule has 3 heterocycles. The van der Waals surface area contributed by atoms with Crippen LogP contribution in [0.4, 0.5) is 5.69 Å². The standard InChI is InChI=1S/C23H27N3O2/c1-3-5-16-7-8-20-19(12-16)23-18(21(15-27)25(20)2)9-11-26(23)22(28)13-17-6-4-10-24-14-17/h3-8,10,12,14,18,21,23,27H,9,11,13,15H2,1-2H3/t18-,21-,23-/m0/s1. The molecule has 3 atom stereocenters. The molecular formula is C23H27N3O2. The van der Waals surface area contributed by atoms with E-state index < -0.39 is 0 Å². The van der Waals surface area contributed by atoms with E-state index in [0.29, 0.717) is 6.42 Å². The maximum atomic E-state index is 13.2. The van der Waals surface area contributed by atoms with Crippen molar-refractivity contribution in [1.29, 1.82) is 0 Å². The minimum atomic E-state index is 0.0118. The van der Waals surface area contributed by atoms with Crippen molar-refractivity contribution < 1.29 is 9.90 Å². The van der Waals surface area contributed by atoms with Crippen LogP contribution in [0.1, 0.15) is 36.1 Å². The lowest BCUT2D eigenvalue weighted by molar-refractivity contribution is -0.132. The molecular weight excluding hydrogens is 350 g/mol. The van der Waals surface area contributed by atoms with Crippen LogP contribution in [-0.4, -0.2) is 47.1 Å². The van der Waals surface area contributed by atoms with Crippen LogP contribution >= 0.6 is 0 Å². The van der Waals surface area contributed by atoms with E-state index in [9.17, 15) is 9.90 Å². The van der Waals surface area contributed by atoms with Crippen LogP contribution < -0.4 is 4.90 Å². The minimum absolute atomic E-state index is 0.0118. The van der Waals surface area contributed by atoms with Gasteiger partial charge in [-0.05, 0) is 48.2 Å². The van der Waals surface area contributed by atoms with Gasteiger partial charge in [0, 0.05) is 37.6 Å². The molecule has 5 heteroatoms. The quantitative estimate of drug-likeness (QED) is 0.890. The van der Waals surface area contributed by atoms with Gasteiger partial charge < -0.3 is 14.9 Å². The summed E-state index contributed by atoms with van der Waals surface area (Å²) >= 11 is 0. The molecule has 5 nitrogen and oxygen atoms in total. The van der Waals surface area contributed by atoms with Crippen LogP contribution in [0.5, 0.6) is 0 Å². The summed E-state index contributed by atoms with van der Waals surface area (Å²) in [4.78, 5) is 21.5. The van der Waals surface area contributed by atoms with Gasteiger partial charge >= 0.3 is 0 Å². The van der Waals surface area contributed by atoms with E-state index in [1.54, 1.807) is 12.4 Å². The van der Waals surface area contributed by atoms with Crippen LogP contribution in [0, 0.1) is 5.92 Å². The van der Waals surface area contributed by atoms with Crippen LogP contribution in [0.15, 0.2) is 48.8 Å². The van der Waals surface area contributed by atoms with Gasteiger partial charge in [0.1, 0.15) is 0 Å². The lowest BCUT2D eigenvalue weighted by atomic mass is 9.81. The molecule has 1 N–H and O–H groups in total. The zero-order valence-corrected chi connectivity index (χ0v) is 16.5. The number of benzene rings is 1. The van der Waals surface area contributed by atoms with Crippen molar-refractivity contribution in [3.05, 3.63) is 65.5 Å². The van der Waals surface area contributed by atoms with E-state index in [0.717, 1.165) is 29.8 Å². The van der Waals surface area contributed by atoms with Crippen molar-refractivity contribution in [3.63, 3.8) is 0 Å². The molecule has 0 saturated carbocycles. The molecule has 28 heavy (non-hydrogen) atoms. The van der Waals surface area contributed by atoms with Crippen LogP contribution in [0.25, 0.3) is 6.08 Å². The molecule has 2 aromatic rings. The van der Waals surface area contributed by atoms with Crippen molar-refractivity contribution >= 4 is 17.7 Å². The molecule has 1 aromatic heterocycles. The van der Waals surface area contributed by atoms with E-state index in [2.05, 4.69) is 34.2 Å². The molecule has 1 amide bonds. The average Bonchev–Trinajstić information content (AvgIpc) is 3.14. The number of fused-ring (bicyclic) bond motifs is 3. The average molecular weight is 377 g/mol. The number of likely N-dealkylation sites (tertiary alicyclic amines) is 1. The zero-order chi connectivity index (χ0) is 19.7. The first-order valence-corrected chi connectivity index (χ1v) is 9.92. The summed E-state index contributed by atoms with van der Waals surface area (Å²) in [5.41, 5.74) is 4.37. The maximum Gasteiger partial charge on any atom is 0.227 e. The highest BCUT2D eigenvalue weighted by molar-refractivity contribution is 5.80. The second kappa shape index (κ2) is 7.76. The number of likely N-dealkylation sites (N-methyl/N-ethyl adjacent to an activating group) is 1. The summed E-state index contributed by atoms with van der Waals surface area (Å²) in [6.45, 7) is 2.83. The number of aliphatic hydroxyl groups excluding tert-OH is 1. The molecule has 0 bridgehead atoms. The molecule has 1 fully saturated rings. The van der Waals surface area contributed by atoms with E-state index in [1.807, 2.05) is 37.1 Å². The lowest BCUT2D eigenvalue weighted by Gasteiger charge is -2.44. The minimum Gasteiger partial charge on any atom is -0.394 e. The van der Waals surface area contributed by atoms with Crippen molar-refractivity contribution in [2.75, 3.05) is 25.1 Å². The molecule has 1 saturated heterocycles. The first-order chi connectivity index (χ1) is 13.6. The van der Waals surface area contributed by atoms with E-state index >= 15 is 0 Å². The highest BCUT2D eigenvalue weighted by Crippen LogP contribution is 2.48. The number of amides is 1. The largest absolute Gasteiger partial charge is 0.394 e. The summed E-state index contributed by atoms with van der Waals surface area (Å²) in [6.07, 6.45) is 8.87. The smallest absolute Gasteiger partial charge is 0.227 e. The number of allylic oxidation sites excluding steroid dienone is 1. The topological polar surface area (TPSA) is 56.7 Å². The number of carbonyl (C=O) groups excluding carboxylic acids is 1. The summed E-state index contributed by atoms with van der Waals surface area (Å²) in [6, 6.07) is 10.3. The van der Waals surface area contributed by atoms with Crippen LogP contribution in [-0.2, 0) is 11.2 Å². The Balaban J connectivity index is 1.71. The first-order valence-electron chi connectivity index (χ1n) is 9.92. The fraction of sp³-hybridized carbons (Fsp3) is 0.391. The number of aliphatic hydroxyl groups is 1. The Labute approximate surface area is 166 Å². The molecule has 2 aliphatic heterocycles. The van der Waals surface area contributed by atoms with Crippen LogP contribution in [0.2, 0.25) is 0 Å². The summed E-state index contributed by atoms with van der Waals surface area (Å²) in [5.74, 6) is 0.366. The Morgan fingerprint density at radius 1 is 1.36 bits per heavy atom. The number of pyridine rings is 1. The van der Waals surface area contributed by atoms with Gasteiger partial charge in [0.2, 0.25) is 5.91 Å². The fourth-order valence-corrected chi connectivity index (χ4v) is 4.83. The predicted octanol–water partition coefficient (Wildman–Crippen LogP) is 3.06. The Kier molecular flexibility index (Phi) is 5.18. The second-order valence-corrected chi connectivity index (χ2v) is 7.70. The van der Waals surface area contributed by atoms with Crippen LogP contribution in [0.3, 0.4) is 0 Å². The molecule has 0 spiro atoms. The van der Waals surface area contributed by atoms with Crippen molar-refractivity contribution in [3.8, 4) is 0 Å². The first kappa shape index (κ1) is 18.7. The van der Waals surface area contributed by atoms with Gasteiger partial charge in [-0.1, -0.05) is 24.3 Å². The van der Waals surface area contributed by atoms with E-state index in [1.165, 1.54) is 5.56 Å². The number of aromatic nitrogens is 1. The zero-order valence-electron chi connectivity index (χ0n) is 16.5. The highest BCUT2D eigenvalue weighted by Gasteiger charge is 2.47. The third-order valence-corrected chi connectivity index (χ3v) is 6.13. The molecule has 1 aromatic carbocycles. The molecule has 0 radical (unpaired) electrons. The normalized spacial score (nSPS) is 23.8. The Hall–Kier alpha value is -2.66. The van der Waals surface area contributed by atoms with Gasteiger partial charge in [-0.2, -0.15) is 0 Å². The third-order valence-electron chi connectivity index (χ3n) is 6.13. The van der Waals surface area contributed by atoms with Crippen molar-refractivity contribution in [1.82, 2.24) is 9.88 Å².